The number of thiocarbonyl (C=S) groups is 1. The van der Waals surface area contributed by atoms with E-state index in [1.807, 2.05) is 6.07 Å². The number of aromatic nitrogens is 2. The number of H-pyrrole nitrogens is 1. The molecular formula is C20H31N5S. The molecule has 26 heavy (non-hydrogen) atoms. The number of nitrogens with one attached hydrogen (secondary N) is 2. The Morgan fingerprint density at radius 2 is 2.15 bits per heavy atom. The summed E-state index contributed by atoms with van der Waals surface area (Å²) in [7, 11) is 0. The second-order valence-corrected chi connectivity index (χ2v) is 7.42. The van der Waals surface area contributed by atoms with Gasteiger partial charge >= 0.3 is 0 Å². The van der Waals surface area contributed by atoms with Crippen LogP contribution >= 0.6 is 12.2 Å². The minimum atomic E-state index is 0.423. The molecule has 1 atom stereocenters. The van der Waals surface area contributed by atoms with Crippen LogP contribution in [-0.2, 0) is 0 Å². The van der Waals surface area contributed by atoms with Crippen LogP contribution in [0.2, 0.25) is 0 Å². The van der Waals surface area contributed by atoms with Gasteiger partial charge in [0.15, 0.2) is 5.11 Å². The van der Waals surface area contributed by atoms with E-state index in [0.717, 1.165) is 74.1 Å². The van der Waals surface area contributed by atoms with Crippen LogP contribution in [0.4, 0.5) is 0 Å². The molecule has 6 heteroatoms. The maximum Gasteiger partial charge on any atom is 0.168 e. The Kier molecular flexibility index (Phi) is 6.86. The van der Waals surface area contributed by atoms with Crippen molar-refractivity contribution in [2.45, 2.75) is 39.0 Å². The summed E-state index contributed by atoms with van der Waals surface area (Å²) in [4.78, 5) is 13.0. The fourth-order valence-corrected chi connectivity index (χ4v) is 3.97. The fourth-order valence-electron chi connectivity index (χ4n) is 3.70. The van der Waals surface area contributed by atoms with Crippen molar-refractivity contribution < 1.29 is 0 Å². The standard InChI is InChI=1S/C20H31N5S/c1-3-24(4-2)13-8-12-21-20(26)25-14-7-9-16(15-25)19-22-17-10-5-6-11-18(17)23-19/h5-6,10-11,16H,3-4,7-9,12-15H2,1-2H3,(H,21,26)(H,22,23)/t16-/m0/s1. The Bertz CT molecular complexity index is 676. The molecule has 2 heterocycles. The molecule has 2 aromatic rings. The lowest BCUT2D eigenvalue weighted by atomic mass is 9.98. The maximum atomic E-state index is 5.65. The fraction of sp³-hybridized carbons (Fsp3) is 0.600. The van der Waals surface area contributed by atoms with E-state index in [-0.39, 0.29) is 0 Å². The van der Waals surface area contributed by atoms with E-state index >= 15 is 0 Å². The lowest BCUT2D eigenvalue weighted by Crippen LogP contribution is -2.45. The minimum Gasteiger partial charge on any atom is -0.363 e. The highest BCUT2D eigenvalue weighted by Crippen LogP contribution is 2.26. The van der Waals surface area contributed by atoms with Crippen molar-refractivity contribution in [3.8, 4) is 0 Å². The van der Waals surface area contributed by atoms with E-state index in [1.165, 1.54) is 6.42 Å². The molecule has 1 aromatic heterocycles. The van der Waals surface area contributed by atoms with Crippen molar-refractivity contribution in [1.82, 2.24) is 25.1 Å². The number of hydrogen-bond acceptors (Lipinski definition) is 3. The Morgan fingerprint density at radius 1 is 1.35 bits per heavy atom. The predicted octanol–water partition coefficient (Wildman–Crippen LogP) is 3.35. The maximum absolute atomic E-state index is 5.65. The van der Waals surface area contributed by atoms with Gasteiger partial charge in [-0.3, -0.25) is 0 Å². The van der Waals surface area contributed by atoms with Crippen LogP contribution in [0.3, 0.4) is 0 Å². The number of piperidine rings is 1. The summed E-state index contributed by atoms with van der Waals surface area (Å²) in [5.74, 6) is 1.52. The first kappa shape index (κ1) is 19.1. The molecule has 1 aliphatic heterocycles. The van der Waals surface area contributed by atoms with Gasteiger partial charge in [-0.2, -0.15) is 0 Å². The van der Waals surface area contributed by atoms with Crippen LogP contribution in [0.5, 0.6) is 0 Å². The number of aromatic amines is 1. The molecule has 2 N–H and O–H groups in total. The summed E-state index contributed by atoms with van der Waals surface area (Å²) >= 11 is 5.65. The van der Waals surface area contributed by atoms with Crippen LogP contribution in [0.15, 0.2) is 24.3 Å². The van der Waals surface area contributed by atoms with Crippen LogP contribution in [0.1, 0.15) is 44.9 Å². The Labute approximate surface area is 162 Å². The highest BCUT2D eigenvalue weighted by atomic mass is 32.1. The van der Waals surface area contributed by atoms with Crippen molar-refractivity contribution in [3.05, 3.63) is 30.1 Å². The van der Waals surface area contributed by atoms with Crippen LogP contribution < -0.4 is 5.32 Å². The number of benzene rings is 1. The van der Waals surface area contributed by atoms with Crippen molar-refractivity contribution >= 4 is 28.4 Å². The zero-order valence-corrected chi connectivity index (χ0v) is 16.8. The third-order valence-electron chi connectivity index (χ3n) is 5.32. The average molecular weight is 374 g/mol. The van der Waals surface area contributed by atoms with Gasteiger partial charge in [0.25, 0.3) is 0 Å². The van der Waals surface area contributed by atoms with Gasteiger partial charge in [-0.05, 0) is 63.2 Å². The van der Waals surface area contributed by atoms with Crippen LogP contribution in [0, 0.1) is 0 Å². The molecule has 1 aliphatic rings. The molecule has 142 valence electrons. The number of hydrogen-bond donors (Lipinski definition) is 2. The Hall–Kier alpha value is -1.66. The van der Waals surface area contributed by atoms with Gasteiger partial charge in [-0.25, -0.2) is 4.98 Å². The summed E-state index contributed by atoms with van der Waals surface area (Å²) in [5, 5.41) is 4.35. The number of likely N-dealkylation sites (tertiary alicyclic amines) is 1. The van der Waals surface area contributed by atoms with Gasteiger partial charge in [0.05, 0.1) is 11.0 Å². The normalized spacial score (nSPS) is 17.8. The number of fused-ring (bicyclic) bond motifs is 1. The van der Waals surface area contributed by atoms with E-state index in [2.05, 4.69) is 52.1 Å². The summed E-state index contributed by atoms with van der Waals surface area (Å²) in [5.41, 5.74) is 2.17. The van der Waals surface area contributed by atoms with E-state index in [1.54, 1.807) is 0 Å². The SMILES string of the molecule is CCN(CC)CCCNC(=S)N1CCC[C@H](c2nc3ccccc3[nH]2)C1. The molecule has 0 spiro atoms. The summed E-state index contributed by atoms with van der Waals surface area (Å²) in [6, 6.07) is 8.25. The number of nitrogens with zero attached hydrogens (tertiary/aromatic N) is 3. The first-order chi connectivity index (χ1) is 12.7. The molecular weight excluding hydrogens is 342 g/mol. The third-order valence-corrected chi connectivity index (χ3v) is 5.73. The van der Waals surface area contributed by atoms with Crippen LogP contribution in [0.25, 0.3) is 11.0 Å². The largest absolute Gasteiger partial charge is 0.363 e. The van der Waals surface area contributed by atoms with Gasteiger partial charge < -0.3 is 20.1 Å². The Morgan fingerprint density at radius 3 is 2.92 bits per heavy atom. The summed E-state index contributed by atoms with van der Waals surface area (Å²) in [6.07, 6.45) is 3.45. The van der Waals surface area contributed by atoms with Crippen molar-refractivity contribution in [3.63, 3.8) is 0 Å². The smallest absolute Gasteiger partial charge is 0.168 e. The van der Waals surface area contributed by atoms with Gasteiger partial charge in [-0.1, -0.05) is 26.0 Å². The molecule has 0 saturated carbocycles. The number of para-hydroxylation sites is 2. The minimum absolute atomic E-state index is 0.423. The average Bonchev–Trinajstić information content (AvgIpc) is 3.12. The van der Waals surface area contributed by atoms with E-state index in [4.69, 9.17) is 17.2 Å². The first-order valence-corrected chi connectivity index (χ1v) is 10.3. The first-order valence-electron chi connectivity index (χ1n) is 9.91. The van der Waals surface area contributed by atoms with E-state index < -0.39 is 0 Å². The molecule has 0 unspecified atom stereocenters. The highest BCUT2D eigenvalue weighted by Gasteiger charge is 2.25. The second kappa shape index (κ2) is 9.33. The summed E-state index contributed by atoms with van der Waals surface area (Å²) in [6.45, 7) is 10.7. The van der Waals surface area contributed by atoms with Crippen molar-refractivity contribution in [2.75, 3.05) is 39.3 Å². The van der Waals surface area contributed by atoms with Crippen molar-refractivity contribution in [1.29, 1.82) is 0 Å². The molecule has 1 aromatic carbocycles. The quantitative estimate of drug-likeness (QED) is 0.576. The highest BCUT2D eigenvalue weighted by molar-refractivity contribution is 7.80. The number of rotatable bonds is 7. The molecule has 0 amide bonds. The molecule has 0 aliphatic carbocycles. The topological polar surface area (TPSA) is 47.2 Å². The molecule has 1 saturated heterocycles. The van der Waals surface area contributed by atoms with Crippen LogP contribution in [-0.4, -0.2) is 64.1 Å². The molecule has 3 rings (SSSR count). The predicted molar refractivity (Wildman–Crippen MR) is 113 cm³/mol. The van der Waals surface area contributed by atoms with Crippen molar-refractivity contribution in [2.24, 2.45) is 0 Å². The van der Waals surface area contributed by atoms with Gasteiger partial charge in [-0.15, -0.1) is 0 Å². The molecule has 0 bridgehead atoms. The monoisotopic (exact) mass is 373 g/mol. The van der Waals surface area contributed by atoms with Gasteiger partial charge in [0.2, 0.25) is 0 Å². The number of imidazole rings is 1. The Balaban J connectivity index is 1.50. The third kappa shape index (κ3) is 4.74. The summed E-state index contributed by atoms with van der Waals surface area (Å²) < 4.78 is 0. The second-order valence-electron chi connectivity index (χ2n) is 7.04. The van der Waals surface area contributed by atoms with Gasteiger partial charge in [0.1, 0.15) is 5.82 Å². The molecule has 0 radical (unpaired) electrons. The lowest BCUT2D eigenvalue weighted by Gasteiger charge is -2.34. The zero-order valence-electron chi connectivity index (χ0n) is 16.0. The van der Waals surface area contributed by atoms with Gasteiger partial charge in [0, 0.05) is 25.6 Å². The lowest BCUT2D eigenvalue weighted by molar-refractivity contribution is 0.291. The van der Waals surface area contributed by atoms with E-state index in [0.29, 0.717) is 5.92 Å². The van der Waals surface area contributed by atoms with E-state index in [9.17, 15) is 0 Å². The molecule has 1 fully saturated rings. The molecule has 5 nitrogen and oxygen atoms in total. The zero-order chi connectivity index (χ0) is 18.4.